The van der Waals surface area contributed by atoms with Crippen molar-refractivity contribution in [2.24, 2.45) is 0 Å². The maximum Gasteiger partial charge on any atom is 0.377 e. The number of methoxy groups -OCH3 is 1. The van der Waals surface area contributed by atoms with Gasteiger partial charge in [0.15, 0.2) is 0 Å². The number of benzene rings is 1. The van der Waals surface area contributed by atoms with Crippen LogP contribution in [0.2, 0.25) is 5.02 Å². The maximum atomic E-state index is 11.3. The summed E-state index contributed by atoms with van der Waals surface area (Å²) in [7, 11) is 1.31. The zero-order chi connectivity index (χ0) is 11.6. The number of carbonyl (C=O) groups is 2. The molecule has 0 radical (unpaired) electrons. The van der Waals surface area contributed by atoms with Crippen LogP contribution in [-0.4, -0.2) is 24.0 Å². The summed E-state index contributed by atoms with van der Waals surface area (Å²) >= 11 is 8.89. The minimum atomic E-state index is -1.55. The highest BCUT2D eigenvalue weighted by molar-refractivity contribution is 9.10. The van der Waals surface area contributed by atoms with Crippen molar-refractivity contribution in [3.05, 3.63) is 27.2 Å². The fraction of sp³-hybridized carbons (Fsp3) is 0.111. The highest BCUT2D eigenvalue weighted by Crippen LogP contribution is 2.32. The lowest BCUT2D eigenvalue weighted by Crippen LogP contribution is -2.14. The zero-order valence-corrected chi connectivity index (χ0v) is 9.92. The summed E-state index contributed by atoms with van der Waals surface area (Å²) in [6, 6.07) is 2.86. The Hall–Kier alpha value is -1.07. The number of hydrogen-bond donors (Lipinski definition) is 1. The van der Waals surface area contributed by atoms with Crippen LogP contribution in [0.4, 0.5) is 0 Å². The average molecular weight is 294 g/mol. The van der Waals surface area contributed by atoms with E-state index in [2.05, 4.69) is 15.9 Å². The first-order chi connectivity index (χ1) is 6.97. The minimum absolute atomic E-state index is 0.0623. The van der Waals surface area contributed by atoms with Crippen LogP contribution in [0.1, 0.15) is 10.4 Å². The van der Waals surface area contributed by atoms with Gasteiger partial charge in [0, 0.05) is 4.47 Å². The normalized spacial score (nSPS) is 9.80. The van der Waals surface area contributed by atoms with Crippen molar-refractivity contribution in [3.63, 3.8) is 0 Å². The molecule has 1 aromatic carbocycles. The SMILES string of the molecule is COc1c(Cl)cc(Br)cc1C(=O)C(=O)O. The lowest BCUT2D eigenvalue weighted by molar-refractivity contribution is -0.131. The van der Waals surface area contributed by atoms with Gasteiger partial charge in [-0.25, -0.2) is 4.79 Å². The number of halogens is 2. The molecule has 0 aliphatic carbocycles. The van der Waals surface area contributed by atoms with Gasteiger partial charge in [-0.3, -0.25) is 4.79 Å². The Balaban J connectivity index is 3.38. The van der Waals surface area contributed by atoms with E-state index in [0.717, 1.165) is 0 Å². The van der Waals surface area contributed by atoms with Crippen LogP contribution >= 0.6 is 27.5 Å². The number of aliphatic carboxylic acids is 1. The predicted octanol–water partition coefficient (Wildman–Crippen LogP) is 2.38. The molecule has 4 nitrogen and oxygen atoms in total. The molecule has 0 fully saturated rings. The van der Waals surface area contributed by atoms with Crippen LogP contribution in [0.25, 0.3) is 0 Å². The van der Waals surface area contributed by atoms with Gasteiger partial charge in [-0.05, 0) is 12.1 Å². The summed E-state index contributed by atoms with van der Waals surface area (Å²) in [5.74, 6) is -2.55. The van der Waals surface area contributed by atoms with Crippen LogP contribution in [-0.2, 0) is 4.79 Å². The maximum absolute atomic E-state index is 11.3. The second-order valence-corrected chi connectivity index (χ2v) is 3.93. The van der Waals surface area contributed by atoms with E-state index in [0.29, 0.717) is 4.47 Å². The van der Waals surface area contributed by atoms with Crippen molar-refractivity contribution >= 4 is 39.3 Å². The van der Waals surface area contributed by atoms with Gasteiger partial charge < -0.3 is 9.84 Å². The smallest absolute Gasteiger partial charge is 0.377 e. The number of ether oxygens (including phenoxy) is 1. The highest BCUT2D eigenvalue weighted by atomic mass is 79.9. The summed E-state index contributed by atoms with van der Waals surface area (Å²) in [4.78, 5) is 21.8. The van der Waals surface area contributed by atoms with Gasteiger partial charge in [0.05, 0.1) is 17.7 Å². The molecule has 15 heavy (non-hydrogen) atoms. The van der Waals surface area contributed by atoms with E-state index >= 15 is 0 Å². The summed E-state index contributed by atoms with van der Waals surface area (Å²) < 4.78 is 5.38. The molecule has 0 aliphatic heterocycles. The zero-order valence-electron chi connectivity index (χ0n) is 7.58. The van der Waals surface area contributed by atoms with Crippen molar-refractivity contribution in [3.8, 4) is 5.75 Å². The van der Waals surface area contributed by atoms with Crippen molar-refractivity contribution in [2.45, 2.75) is 0 Å². The van der Waals surface area contributed by atoms with Crippen molar-refractivity contribution in [1.82, 2.24) is 0 Å². The molecule has 0 aliphatic rings. The molecule has 0 spiro atoms. The van der Waals surface area contributed by atoms with E-state index in [1.54, 1.807) is 0 Å². The number of hydrogen-bond acceptors (Lipinski definition) is 3. The van der Waals surface area contributed by atoms with Gasteiger partial charge >= 0.3 is 5.97 Å². The van der Waals surface area contributed by atoms with E-state index < -0.39 is 11.8 Å². The third-order valence-corrected chi connectivity index (χ3v) is 2.39. The fourth-order valence-electron chi connectivity index (χ4n) is 1.05. The van der Waals surface area contributed by atoms with E-state index in [-0.39, 0.29) is 16.3 Å². The third kappa shape index (κ3) is 2.49. The Labute approximate surface area is 98.9 Å². The molecule has 80 valence electrons. The summed E-state index contributed by atoms with van der Waals surface area (Å²) in [6.07, 6.45) is 0. The van der Waals surface area contributed by atoms with Gasteiger partial charge in [0.2, 0.25) is 0 Å². The topological polar surface area (TPSA) is 63.6 Å². The molecule has 0 unspecified atom stereocenters. The third-order valence-electron chi connectivity index (χ3n) is 1.65. The molecule has 6 heteroatoms. The first kappa shape index (κ1) is 12.0. The number of carbonyl (C=O) groups excluding carboxylic acids is 1. The molecular formula is C9H6BrClO4. The second-order valence-electron chi connectivity index (χ2n) is 2.60. The molecule has 0 heterocycles. The fourth-order valence-corrected chi connectivity index (χ4v) is 1.94. The number of Topliss-reactive ketones (excluding diaryl/α,β-unsaturated/α-hetero) is 1. The predicted molar refractivity (Wildman–Crippen MR) is 57.7 cm³/mol. The molecule has 0 amide bonds. The van der Waals surface area contributed by atoms with Gasteiger partial charge in [0.1, 0.15) is 5.75 Å². The van der Waals surface area contributed by atoms with E-state index in [1.165, 1.54) is 19.2 Å². The molecule has 0 saturated heterocycles. The lowest BCUT2D eigenvalue weighted by Gasteiger charge is -2.08. The molecule has 0 saturated carbocycles. The first-order valence-corrected chi connectivity index (χ1v) is 4.95. The number of carboxylic acids is 1. The van der Waals surface area contributed by atoms with Crippen LogP contribution < -0.4 is 4.74 Å². The van der Waals surface area contributed by atoms with E-state index in [1.807, 2.05) is 0 Å². The summed E-state index contributed by atoms with van der Waals surface area (Å²) in [6.45, 7) is 0. The molecule has 0 aromatic heterocycles. The Morgan fingerprint density at radius 2 is 2.07 bits per heavy atom. The van der Waals surface area contributed by atoms with Gasteiger partial charge in [-0.1, -0.05) is 27.5 Å². The summed E-state index contributed by atoms with van der Waals surface area (Å²) in [5.41, 5.74) is -0.0793. The molecule has 1 rings (SSSR count). The van der Waals surface area contributed by atoms with Crippen molar-refractivity contribution in [1.29, 1.82) is 0 Å². The van der Waals surface area contributed by atoms with Crippen LogP contribution in [0.3, 0.4) is 0 Å². The molecule has 1 aromatic rings. The standard InChI is InChI=1S/C9H6BrClO4/c1-15-8-5(7(12)9(13)14)2-4(10)3-6(8)11/h2-3H,1H3,(H,13,14). The van der Waals surface area contributed by atoms with Gasteiger partial charge in [0.25, 0.3) is 5.78 Å². The van der Waals surface area contributed by atoms with Gasteiger partial charge in [-0.15, -0.1) is 0 Å². The quantitative estimate of drug-likeness (QED) is 0.686. The van der Waals surface area contributed by atoms with Crippen LogP contribution in [0.5, 0.6) is 5.75 Å². The largest absolute Gasteiger partial charge is 0.494 e. The number of carboxylic acid groups (broad SMARTS) is 1. The highest BCUT2D eigenvalue weighted by Gasteiger charge is 2.21. The van der Waals surface area contributed by atoms with Gasteiger partial charge in [-0.2, -0.15) is 0 Å². The Morgan fingerprint density at radius 3 is 2.53 bits per heavy atom. The monoisotopic (exact) mass is 292 g/mol. The molecule has 0 atom stereocenters. The number of ketones is 1. The molecule has 1 N–H and O–H groups in total. The molecule has 0 bridgehead atoms. The van der Waals surface area contributed by atoms with Crippen LogP contribution in [0.15, 0.2) is 16.6 Å². The average Bonchev–Trinajstić information content (AvgIpc) is 2.15. The van der Waals surface area contributed by atoms with E-state index in [9.17, 15) is 9.59 Å². The first-order valence-electron chi connectivity index (χ1n) is 3.78. The second kappa shape index (κ2) is 4.63. The van der Waals surface area contributed by atoms with E-state index in [4.69, 9.17) is 21.4 Å². The van der Waals surface area contributed by atoms with Crippen LogP contribution in [0, 0.1) is 0 Å². The molecular weight excluding hydrogens is 287 g/mol. The van der Waals surface area contributed by atoms with Crippen molar-refractivity contribution in [2.75, 3.05) is 7.11 Å². The minimum Gasteiger partial charge on any atom is -0.494 e. The Kier molecular flexibility index (Phi) is 3.71. The number of rotatable bonds is 3. The lowest BCUT2D eigenvalue weighted by atomic mass is 10.1. The summed E-state index contributed by atoms with van der Waals surface area (Å²) in [5, 5.41) is 8.75. The Bertz CT molecular complexity index is 430. The Morgan fingerprint density at radius 1 is 1.47 bits per heavy atom. The van der Waals surface area contributed by atoms with Crippen molar-refractivity contribution < 1.29 is 19.4 Å².